The highest BCUT2D eigenvalue weighted by atomic mass is 19.1. The zero-order valence-electron chi connectivity index (χ0n) is 18.5. The number of esters is 1. The number of rotatable bonds is 10. The molecule has 2 aromatic carbocycles. The summed E-state index contributed by atoms with van der Waals surface area (Å²) in [7, 11) is 0. The van der Waals surface area contributed by atoms with Crippen LogP contribution in [0.15, 0.2) is 77.6 Å². The number of hydrogen-bond acceptors (Lipinski definition) is 8. The van der Waals surface area contributed by atoms with Crippen molar-refractivity contribution in [1.29, 1.82) is 0 Å². The molecule has 0 aliphatic carbocycles. The third kappa shape index (κ3) is 6.47. The summed E-state index contributed by atoms with van der Waals surface area (Å²) in [5.41, 5.74) is 0.957. The van der Waals surface area contributed by atoms with Crippen molar-refractivity contribution in [3.63, 3.8) is 0 Å². The van der Waals surface area contributed by atoms with E-state index < -0.39 is 24.3 Å². The van der Waals surface area contributed by atoms with Gasteiger partial charge in [0.1, 0.15) is 17.1 Å². The number of carbonyl (C=O) groups excluding carboxylic acids is 2. The van der Waals surface area contributed by atoms with E-state index in [-0.39, 0.29) is 23.6 Å². The molecule has 0 saturated carbocycles. The zero-order chi connectivity index (χ0) is 24.5. The molecule has 1 amide bonds. The summed E-state index contributed by atoms with van der Waals surface area (Å²) < 4.78 is 29.7. The normalized spacial score (nSPS) is 10.5. The highest BCUT2D eigenvalue weighted by Gasteiger charge is 2.16. The van der Waals surface area contributed by atoms with E-state index in [0.717, 1.165) is 5.56 Å². The van der Waals surface area contributed by atoms with Crippen LogP contribution in [-0.4, -0.2) is 40.2 Å². The molecule has 0 atom stereocenters. The molecular weight excluding hydrogens is 455 g/mol. The minimum Gasteiger partial charge on any atom is -0.483 e. The molecule has 0 unspecified atom stereocenters. The average Bonchev–Trinajstić information content (AvgIpc) is 3.36. The number of para-hydroxylation sites is 2. The maximum atomic E-state index is 13.7. The largest absolute Gasteiger partial charge is 0.483 e. The van der Waals surface area contributed by atoms with Gasteiger partial charge >= 0.3 is 5.97 Å². The van der Waals surface area contributed by atoms with Crippen molar-refractivity contribution in [3.8, 4) is 17.1 Å². The van der Waals surface area contributed by atoms with Gasteiger partial charge in [0, 0.05) is 24.4 Å². The van der Waals surface area contributed by atoms with Gasteiger partial charge in [-0.3, -0.25) is 9.78 Å². The number of aromatic nitrogens is 3. The molecule has 0 radical (unpaired) electrons. The number of aryl methyl sites for hydroxylation is 1. The lowest BCUT2D eigenvalue weighted by atomic mass is 10.2. The average molecular weight is 476 g/mol. The van der Waals surface area contributed by atoms with Crippen LogP contribution in [0.25, 0.3) is 11.4 Å². The van der Waals surface area contributed by atoms with E-state index >= 15 is 0 Å². The Morgan fingerprint density at radius 3 is 2.69 bits per heavy atom. The Morgan fingerprint density at radius 1 is 1.03 bits per heavy atom. The van der Waals surface area contributed by atoms with E-state index in [1.807, 2.05) is 6.07 Å². The van der Waals surface area contributed by atoms with E-state index in [4.69, 9.17) is 14.0 Å². The first-order chi connectivity index (χ1) is 17.1. The van der Waals surface area contributed by atoms with Crippen LogP contribution in [0.1, 0.15) is 22.7 Å². The van der Waals surface area contributed by atoms with Crippen molar-refractivity contribution in [1.82, 2.24) is 15.1 Å². The Balaban J connectivity index is 1.25. The Hall–Kier alpha value is -4.60. The van der Waals surface area contributed by atoms with E-state index in [0.29, 0.717) is 24.6 Å². The minimum absolute atomic E-state index is 0.0441. The number of hydrogen-bond donors (Lipinski definition) is 1. The summed E-state index contributed by atoms with van der Waals surface area (Å²) in [6.07, 6.45) is 4.19. The van der Waals surface area contributed by atoms with Gasteiger partial charge in [0.25, 0.3) is 5.91 Å². The number of benzene rings is 2. The van der Waals surface area contributed by atoms with Gasteiger partial charge in [-0.15, -0.1) is 0 Å². The Labute approximate surface area is 199 Å². The molecule has 0 saturated heterocycles. The monoisotopic (exact) mass is 476 g/mol. The molecule has 0 fully saturated rings. The molecule has 1 N–H and O–H groups in total. The van der Waals surface area contributed by atoms with Crippen LogP contribution in [0.3, 0.4) is 0 Å². The molecule has 4 rings (SSSR count). The van der Waals surface area contributed by atoms with Gasteiger partial charge in [-0.1, -0.05) is 29.4 Å². The lowest BCUT2D eigenvalue weighted by molar-refractivity contribution is -0.118. The lowest BCUT2D eigenvalue weighted by Gasteiger charge is -2.11. The first-order valence-electron chi connectivity index (χ1n) is 10.8. The molecule has 10 heteroatoms. The predicted octanol–water partition coefficient (Wildman–Crippen LogP) is 4.08. The molecule has 0 bridgehead atoms. The maximum Gasteiger partial charge on any atom is 0.341 e. The van der Waals surface area contributed by atoms with Gasteiger partial charge in [-0.05, 0) is 42.8 Å². The minimum atomic E-state index is -0.600. The second-order valence-corrected chi connectivity index (χ2v) is 7.31. The Morgan fingerprint density at radius 2 is 1.86 bits per heavy atom. The number of ether oxygens (including phenoxy) is 2. The summed E-state index contributed by atoms with van der Waals surface area (Å²) in [5, 5.41) is 6.34. The zero-order valence-corrected chi connectivity index (χ0v) is 18.5. The number of nitrogens with zero attached hydrogens (tertiary/aromatic N) is 3. The van der Waals surface area contributed by atoms with Crippen LogP contribution >= 0.6 is 0 Å². The molecule has 4 aromatic rings. The van der Waals surface area contributed by atoms with Crippen molar-refractivity contribution in [3.05, 3.63) is 90.3 Å². The first-order valence-corrected chi connectivity index (χ1v) is 10.8. The SMILES string of the molecule is O=C(COc1ccccc1C(=O)OCCCc1nc(-c2cccnc2)no1)Nc1ccccc1F. The third-order valence-corrected chi connectivity index (χ3v) is 4.77. The van der Waals surface area contributed by atoms with Gasteiger partial charge in [-0.2, -0.15) is 4.98 Å². The maximum absolute atomic E-state index is 13.7. The van der Waals surface area contributed by atoms with Crippen molar-refractivity contribution < 1.29 is 28.0 Å². The first kappa shape index (κ1) is 23.6. The lowest BCUT2D eigenvalue weighted by Crippen LogP contribution is -2.21. The number of carbonyl (C=O) groups is 2. The summed E-state index contributed by atoms with van der Waals surface area (Å²) >= 11 is 0. The Kier molecular flexibility index (Phi) is 7.74. The van der Waals surface area contributed by atoms with Gasteiger partial charge in [0.15, 0.2) is 6.61 Å². The van der Waals surface area contributed by atoms with Crippen molar-refractivity contribution in [2.75, 3.05) is 18.5 Å². The topological polar surface area (TPSA) is 116 Å². The van der Waals surface area contributed by atoms with Crippen LogP contribution < -0.4 is 10.1 Å². The van der Waals surface area contributed by atoms with Crippen LogP contribution in [0.2, 0.25) is 0 Å². The second kappa shape index (κ2) is 11.5. The number of anilines is 1. The summed E-state index contributed by atoms with van der Waals surface area (Å²) in [6.45, 7) is -0.291. The molecule has 2 heterocycles. The van der Waals surface area contributed by atoms with E-state index in [2.05, 4.69) is 20.4 Å². The fourth-order valence-electron chi connectivity index (χ4n) is 3.09. The molecule has 0 aliphatic rings. The van der Waals surface area contributed by atoms with Crippen LogP contribution in [0.4, 0.5) is 10.1 Å². The van der Waals surface area contributed by atoms with Gasteiger partial charge in [-0.25, -0.2) is 9.18 Å². The summed E-state index contributed by atoms with van der Waals surface area (Å²) in [6, 6.07) is 15.8. The fraction of sp³-hybridized carbons (Fsp3) is 0.160. The molecule has 0 spiro atoms. The molecule has 2 aromatic heterocycles. The van der Waals surface area contributed by atoms with E-state index in [9.17, 15) is 14.0 Å². The van der Waals surface area contributed by atoms with Crippen LogP contribution in [0.5, 0.6) is 5.75 Å². The Bertz CT molecular complexity index is 1300. The van der Waals surface area contributed by atoms with Crippen LogP contribution in [0, 0.1) is 5.82 Å². The molecular formula is C25H21FN4O5. The smallest absolute Gasteiger partial charge is 0.341 e. The van der Waals surface area contributed by atoms with Crippen molar-refractivity contribution in [2.45, 2.75) is 12.8 Å². The predicted molar refractivity (Wildman–Crippen MR) is 123 cm³/mol. The quantitative estimate of drug-likeness (QED) is 0.269. The summed E-state index contributed by atoms with van der Waals surface area (Å²) in [4.78, 5) is 33.0. The van der Waals surface area contributed by atoms with Crippen LogP contribution in [-0.2, 0) is 16.0 Å². The number of pyridine rings is 1. The summed E-state index contributed by atoms with van der Waals surface area (Å²) in [5.74, 6) is -0.683. The number of nitrogens with one attached hydrogen (secondary N) is 1. The van der Waals surface area contributed by atoms with Crippen molar-refractivity contribution in [2.24, 2.45) is 0 Å². The van der Waals surface area contributed by atoms with Gasteiger partial charge in [0.05, 0.1) is 12.3 Å². The third-order valence-electron chi connectivity index (χ3n) is 4.77. The van der Waals surface area contributed by atoms with E-state index in [1.54, 1.807) is 42.7 Å². The molecule has 178 valence electrons. The van der Waals surface area contributed by atoms with E-state index in [1.165, 1.54) is 24.3 Å². The second-order valence-electron chi connectivity index (χ2n) is 7.31. The number of amides is 1. The van der Waals surface area contributed by atoms with Gasteiger partial charge in [0.2, 0.25) is 11.7 Å². The highest BCUT2D eigenvalue weighted by molar-refractivity contribution is 5.94. The number of halogens is 1. The van der Waals surface area contributed by atoms with Gasteiger partial charge < -0.3 is 19.3 Å². The van der Waals surface area contributed by atoms with Crippen molar-refractivity contribution >= 4 is 17.6 Å². The standard InChI is InChI=1S/C25H21FN4O5/c26-19-9-2-3-10-20(19)28-22(31)16-34-21-11-4-1-8-18(21)25(32)33-14-6-12-23-29-24(30-35-23)17-7-5-13-27-15-17/h1-5,7-11,13,15H,6,12,14,16H2,(H,28,31). The highest BCUT2D eigenvalue weighted by Crippen LogP contribution is 2.20. The molecule has 9 nitrogen and oxygen atoms in total. The fourth-order valence-corrected chi connectivity index (χ4v) is 3.09. The molecule has 0 aliphatic heterocycles. The molecule has 35 heavy (non-hydrogen) atoms.